The van der Waals surface area contributed by atoms with E-state index in [1.807, 2.05) is 42.5 Å². The van der Waals surface area contributed by atoms with Gasteiger partial charge in [0, 0.05) is 18.1 Å². The Bertz CT molecular complexity index is 1110. The Labute approximate surface area is 172 Å². The molecule has 0 saturated carbocycles. The summed E-state index contributed by atoms with van der Waals surface area (Å²) in [6.07, 6.45) is 2.20. The smallest absolute Gasteiger partial charge is 0.243 e. The Balaban J connectivity index is 1.50. The SMILES string of the molecule is CC(C)(C)c1ccc(S(=O)(=O)N2CCC(Oc3cccc4cccnc34)C2)cc1. The highest BCUT2D eigenvalue weighted by atomic mass is 32.2. The van der Waals surface area contributed by atoms with Gasteiger partial charge >= 0.3 is 0 Å². The van der Waals surface area contributed by atoms with Gasteiger partial charge in [-0.3, -0.25) is 4.98 Å². The summed E-state index contributed by atoms with van der Waals surface area (Å²) in [5.74, 6) is 0.696. The first kappa shape index (κ1) is 19.9. The Morgan fingerprint density at radius 3 is 2.48 bits per heavy atom. The molecular weight excluding hydrogens is 384 g/mol. The largest absolute Gasteiger partial charge is 0.487 e. The quantitative estimate of drug-likeness (QED) is 0.641. The molecule has 0 amide bonds. The number of fused-ring (bicyclic) bond motifs is 1. The molecule has 1 atom stereocenters. The highest BCUT2D eigenvalue weighted by molar-refractivity contribution is 7.89. The van der Waals surface area contributed by atoms with Crippen LogP contribution in [0.25, 0.3) is 10.9 Å². The normalized spacial score (nSPS) is 18.2. The van der Waals surface area contributed by atoms with Crippen LogP contribution >= 0.6 is 0 Å². The Morgan fingerprint density at radius 1 is 1.03 bits per heavy atom. The van der Waals surface area contributed by atoms with Gasteiger partial charge in [-0.1, -0.05) is 51.1 Å². The highest BCUT2D eigenvalue weighted by Crippen LogP contribution is 2.29. The number of para-hydroxylation sites is 1. The molecule has 1 aliphatic rings. The number of nitrogens with zero attached hydrogens (tertiary/aromatic N) is 2. The van der Waals surface area contributed by atoms with Crippen molar-refractivity contribution in [2.45, 2.75) is 43.6 Å². The minimum absolute atomic E-state index is 0.0125. The summed E-state index contributed by atoms with van der Waals surface area (Å²) >= 11 is 0. The Hall–Kier alpha value is -2.44. The second kappa shape index (κ2) is 7.43. The van der Waals surface area contributed by atoms with Crippen molar-refractivity contribution in [2.24, 2.45) is 0 Å². The highest BCUT2D eigenvalue weighted by Gasteiger charge is 2.34. The summed E-state index contributed by atoms with van der Waals surface area (Å²) in [6, 6.07) is 16.9. The third-order valence-electron chi connectivity index (χ3n) is 5.36. The molecule has 1 aliphatic heterocycles. The molecule has 1 fully saturated rings. The van der Waals surface area contributed by atoms with Gasteiger partial charge in [0.15, 0.2) is 0 Å². The fourth-order valence-corrected chi connectivity index (χ4v) is 5.13. The molecule has 0 bridgehead atoms. The minimum Gasteiger partial charge on any atom is -0.487 e. The molecule has 0 spiro atoms. The molecule has 1 unspecified atom stereocenters. The first-order valence-corrected chi connectivity index (χ1v) is 11.3. The van der Waals surface area contributed by atoms with Crippen LogP contribution in [0.3, 0.4) is 0 Å². The van der Waals surface area contributed by atoms with Crippen molar-refractivity contribution in [1.29, 1.82) is 0 Å². The van der Waals surface area contributed by atoms with E-state index in [9.17, 15) is 8.42 Å². The Kier molecular flexibility index (Phi) is 5.09. The summed E-state index contributed by atoms with van der Waals surface area (Å²) in [6.45, 7) is 7.13. The van der Waals surface area contributed by atoms with Crippen LogP contribution in [-0.4, -0.2) is 36.9 Å². The maximum Gasteiger partial charge on any atom is 0.243 e. The van der Waals surface area contributed by atoms with Crippen LogP contribution in [0.4, 0.5) is 0 Å². The van der Waals surface area contributed by atoms with Crippen LogP contribution in [-0.2, 0) is 15.4 Å². The lowest BCUT2D eigenvalue weighted by atomic mass is 9.87. The van der Waals surface area contributed by atoms with Gasteiger partial charge in [-0.15, -0.1) is 0 Å². The molecule has 2 aromatic carbocycles. The van der Waals surface area contributed by atoms with Crippen LogP contribution in [0.15, 0.2) is 65.7 Å². The maximum atomic E-state index is 13.1. The Morgan fingerprint density at radius 2 is 1.76 bits per heavy atom. The second-order valence-corrected chi connectivity index (χ2v) is 10.4. The maximum absolute atomic E-state index is 13.1. The number of rotatable bonds is 4. The van der Waals surface area contributed by atoms with Gasteiger partial charge in [0.05, 0.1) is 11.4 Å². The first-order valence-electron chi connectivity index (χ1n) is 9.86. The molecule has 0 radical (unpaired) electrons. The van der Waals surface area contributed by atoms with Crippen LogP contribution in [0.5, 0.6) is 5.75 Å². The van der Waals surface area contributed by atoms with E-state index < -0.39 is 10.0 Å². The van der Waals surface area contributed by atoms with Crippen molar-refractivity contribution in [3.63, 3.8) is 0 Å². The van der Waals surface area contributed by atoms with Crippen LogP contribution in [0.2, 0.25) is 0 Å². The fraction of sp³-hybridized carbons (Fsp3) is 0.348. The van der Waals surface area contributed by atoms with Crippen molar-refractivity contribution in [2.75, 3.05) is 13.1 Å². The van der Waals surface area contributed by atoms with E-state index in [-0.39, 0.29) is 11.5 Å². The van der Waals surface area contributed by atoms with Gasteiger partial charge in [-0.05, 0) is 41.7 Å². The molecule has 4 rings (SSSR count). The van der Waals surface area contributed by atoms with E-state index in [4.69, 9.17) is 4.74 Å². The molecular formula is C23H26N2O3S. The van der Waals surface area contributed by atoms with E-state index in [1.54, 1.807) is 18.3 Å². The van der Waals surface area contributed by atoms with Gasteiger partial charge in [-0.25, -0.2) is 8.42 Å². The number of benzene rings is 2. The van der Waals surface area contributed by atoms with Crippen molar-refractivity contribution in [3.05, 3.63) is 66.4 Å². The molecule has 0 N–H and O–H groups in total. The van der Waals surface area contributed by atoms with E-state index in [0.29, 0.717) is 30.2 Å². The first-order chi connectivity index (χ1) is 13.7. The van der Waals surface area contributed by atoms with E-state index >= 15 is 0 Å². The monoisotopic (exact) mass is 410 g/mol. The zero-order valence-corrected chi connectivity index (χ0v) is 17.8. The van der Waals surface area contributed by atoms with Gasteiger partial charge in [0.2, 0.25) is 10.0 Å². The van der Waals surface area contributed by atoms with E-state index in [2.05, 4.69) is 25.8 Å². The fourth-order valence-electron chi connectivity index (χ4n) is 3.64. The van der Waals surface area contributed by atoms with Crippen molar-refractivity contribution in [1.82, 2.24) is 9.29 Å². The van der Waals surface area contributed by atoms with Crippen LogP contribution in [0, 0.1) is 0 Å². The molecule has 5 nitrogen and oxygen atoms in total. The predicted molar refractivity (Wildman–Crippen MR) is 115 cm³/mol. The number of hydrogen-bond acceptors (Lipinski definition) is 4. The van der Waals surface area contributed by atoms with Gasteiger partial charge < -0.3 is 4.74 Å². The standard InChI is InChI=1S/C23H26N2O3S/c1-23(2,3)18-9-11-20(12-10-18)29(26,27)25-15-13-19(16-25)28-21-8-4-6-17-7-5-14-24-22(17)21/h4-12,14,19H,13,15-16H2,1-3H3. The molecule has 1 saturated heterocycles. The lowest BCUT2D eigenvalue weighted by Crippen LogP contribution is -2.31. The van der Waals surface area contributed by atoms with Gasteiger partial charge in [0.25, 0.3) is 0 Å². The summed E-state index contributed by atoms with van der Waals surface area (Å²) in [5, 5.41) is 1.01. The summed E-state index contributed by atoms with van der Waals surface area (Å²) in [5.41, 5.74) is 1.90. The van der Waals surface area contributed by atoms with Crippen LogP contribution in [0.1, 0.15) is 32.8 Å². The molecule has 6 heteroatoms. The molecule has 29 heavy (non-hydrogen) atoms. The lowest BCUT2D eigenvalue weighted by molar-refractivity contribution is 0.218. The number of ether oxygens (including phenoxy) is 1. The van der Waals surface area contributed by atoms with Gasteiger partial charge in [-0.2, -0.15) is 4.31 Å². The van der Waals surface area contributed by atoms with Crippen LogP contribution < -0.4 is 4.74 Å². The summed E-state index contributed by atoms with van der Waals surface area (Å²) < 4.78 is 33.8. The third kappa shape index (κ3) is 4.00. The van der Waals surface area contributed by atoms with Crippen molar-refractivity contribution < 1.29 is 13.2 Å². The van der Waals surface area contributed by atoms with E-state index in [1.165, 1.54) is 4.31 Å². The molecule has 3 aromatic rings. The van der Waals surface area contributed by atoms with Gasteiger partial charge in [0.1, 0.15) is 17.4 Å². The number of sulfonamides is 1. The average molecular weight is 411 g/mol. The number of hydrogen-bond donors (Lipinski definition) is 0. The number of pyridine rings is 1. The van der Waals surface area contributed by atoms with E-state index in [0.717, 1.165) is 16.5 Å². The molecule has 152 valence electrons. The number of aromatic nitrogens is 1. The zero-order valence-electron chi connectivity index (χ0n) is 17.0. The molecule has 0 aliphatic carbocycles. The zero-order chi connectivity index (χ0) is 20.6. The topological polar surface area (TPSA) is 59.5 Å². The molecule has 1 aromatic heterocycles. The third-order valence-corrected chi connectivity index (χ3v) is 7.23. The predicted octanol–water partition coefficient (Wildman–Crippen LogP) is 4.37. The summed E-state index contributed by atoms with van der Waals surface area (Å²) in [4.78, 5) is 4.74. The van der Waals surface area contributed by atoms with Crippen molar-refractivity contribution in [3.8, 4) is 5.75 Å². The lowest BCUT2D eigenvalue weighted by Gasteiger charge is -2.21. The van der Waals surface area contributed by atoms with Crippen molar-refractivity contribution >= 4 is 20.9 Å². The second-order valence-electron chi connectivity index (χ2n) is 8.50. The molecule has 2 heterocycles. The minimum atomic E-state index is -3.53. The average Bonchev–Trinajstić information content (AvgIpc) is 3.17. The summed E-state index contributed by atoms with van der Waals surface area (Å²) in [7, 11) is -3.53.